The zero-order valence-electron chi connectivity index (χ0n) is 14.5. The number of aromatic nitrogens is 2. The Morgan fingerprint density at radius 1 is 1.17 bits per heavy atom. The van der Waals surface area contributed by atoms with E-state index in [-0.39, 0.29) is 0 Å². The van der Waals surface area contributed by atoms with Gasteiger partial charge in [-0.25, -0.2) is 4.98 Å². The summed E-state index contributed by atoms with van der Waals surface area (Å²) in [5.41, 5.74) is 2.13. The Hall–Kier alpha value is -2.30. The van der Waals surface area contributed by atoms with Crippen LogP contribution in [0.3, 0.4) is 0 Å². The number of ether oxygens (including phenoxy) is 1. The van der Waals surface area contributed by atoms with Crippen molar-refractivity contribution in [1.29, 1.82) is 0 Å². The summed E-state index contributed by atoms with van der Waals surface area (Å²) in [6.07, 6.45) is 2.34. The van der Waals surface area contributed by atoms with Crippen LogP contribution in [0.5, 0.6) is 5.75 Å². The van der Waals surface area contributed by atoms with E-state index in [1.807, 2.05) is 37.3 Å². The van der Waals surface area contributed by atoms with Gasteiger partial charge in [0, 0.05) is 31.9 Å². The predicted molar refractivity (Wildman–Crippen MR) is 95.3 cm³/mol. The van der Waals surface area contributed by atoms with Gasteiger partial charge in [-0.2, -0.15) is 4.98 Å². The summed E-state index contributed by atoms with van der Waals surface area (Å²) in [6, 6.07) is 10.0. The Morgan fingerprint density at radius 2 is 1.91 bits per heavy atom. The molecule has 1 aromatic carbocycles. The van der Waals surface area contributed by atoms with E-state index in [0.717, 1.165) is 35.8 Å². The van der Waals surface area contributed by atoms with Crippen LogP contribution in [0.4, 0.5) is 11.8 Å². The van der Waals surface area contributed by atoms with Crippen LogP contribution in [0.1, 0.15) is 31.0 Å². The summed E-state index contributed by atoms with van der Waals surface area (Å²) in [4.78, 5) is 11.3. The van der Waals surface area contributed by atoms with Gasteiger partial charge in [-0.1, -0.05) is 25.5 Å². The second kappa shape index (κ2) is 8.36. The summed E-state index contributed by atoms with van der Waals surface area (Å²) in [6.45, 7) is 5.88. The van der Waals surface area contributed by atoms with Crippen molar-refractivity contribution >= 4 is 11.8 Å². The van der Waals surface area contributed by atoms with Crippen molar-refractivity contribution in [3.63, 3.8) is 0 Å². The van der Waals surface area contributed by atoms with E-state index >= 15 is 0 Å². The first-order valence-corrected chi connectivity index (χ1v) is 8.06. The number of anilines is 2. The van der Waals surface area contributed by atoms with E-state index in [2.05, 4.69) is 34.2 Å². The fourth-order valence-electron chi connectivity index (χ4n) is 2.26. The lowest BCUT2D eigenvalue weighted by atomic mass is 10.2. The number of rotatable bonds is 8. The number of nitrogens with one attached hydrogen (secondary N) is 1. The fourth-order valence-corrected chi connectivity index (χ4v) is 2.26. The van der Waals surface area contributed by atoms with E-state index in [1.54, 1.807) is 7.11 Å². The first-order valence-electron chi connectivity index (χ1n) is 8.06. The van der Waals surface area contributed by atoms with Gasteiger partial charge >= 0.3 is 0 Å². The molecule has 2 aromatic rings. The number of unbranched alkanes of at least 4 members (excludes halogenated alkanes) is 1. The third kappa shape index (κ3) is 5.13. The molecule has 0 radical (unpaired) electrons. The molecule has 0 bridgehead atoms. The maximum Gasteiger partial charge on any atom is 0.225 e. The summed E-state index contributed by atoms with van der Waals surface area (Å²) in [5.74, 6) is 2.49. The smallest absolute Gasteiger partial charge is 0.225 e. The number of benzene rings is 1. The van der Waals surface area contributed by atoms with Gasteiger partial charge in [0.05, 0.1) is 7.11 Å². The largest absolute Gasteiger partial charge is 0.497 e. The number of hydrogen-bond acceptors (Lipinski definition) is 5. The molecule has 23 heavy (non-hydrogen) atoms. The third-order valence-corrected chi connectivity index (χ3v) is 3.69. The molecular formula is C18H26N4O. The summed E-state index contributed by atoms with van der Waals surface area (Å²) >= 11 is 0. The Bertz CT molecular complexity index is 613. The third-order valence-electron chi connectivity index (χ3n) is 3.69. The number of methoxy groups -OCH3 is 1. The van der Waals surface area contributed by atoms with Gasteiger partial charge in [0.1, 0.15) is 11.6 Å². The van der Waals surface area contributed by atoms with Crippen LogP contribution in [-0.4, -0.2) is 30.7 Å². The van der Waals surface area contributed by atoms with Gasteiger partial charge in [0.2, 0.25) is 5.95 Å². The first-order chi connectivity index (χ1) is 11.1. The lowest BCUT2D eigenvalue weighted by Gasteiger charge is -2.19. The molecule has 5 heteroatoms. The SMILES string of the molecule is CCCCN(C)c1cc(C)nc(NCc2ccc(OC)cc2)n1. The molecule has 1 heterocycles. The van der Waals surface area contributed by atoms with Crippen LogP contribution in [0, 0.1) is 6.92 Å². The molecule has 1 N–H and O–H groups in total. The maximum absolute atomic E-state index is 5.17. The van der Waals surface area contributed by atoms with Crippen LogP contribution in [-0.2, 0) is 6.54 Å². The number of nitrogens with zero attached hydrogens (tertiary/aromatic N) is 3. The number of hydrogen-bond donors (Lipinski definition) is 1. The molecule has 0 fully saturated rings. The highest BCUT2D eigenvalue weighted by atomic mass is 16.5. The van der Waals surface area contributed by atoms with Crippen molar-refractivity contribution < 1.29 is 4.74 Å². The highest BCUT2D eigenvalue weighted by Gasteiger charge is 2.06. The molecule has 5 nitrogen and oxygen atoms in total. The second-order valence-electron chi connectivity index (χ2n) is 5.67. The van der Waals surface area contributed by atoms with Crippen LogP contribution in [0.25, 0.3) is 0 Å². The van der Waals surface area contributed by atoms with E-state index < -0.39 is 0 Å². The lowest BCUT2D eigenvalue weighted by Crippen LogP contribution is -2.20. The van der Waals surface area contributed by atoms with Crippen molar-refractivity contribution in [2.75, 3.05) is 30.9 Å². The maximum atomic E-state index is 5.17. The van der Waals surface area contributed by atoms with Crippen molar-refractivity contribution in [3.8, 4) is 5.75 Å². The molecule has 1 aromatic heterocycles. The molecule has 0 saturated carbocycles. The fraction of sp³-hybridized carbons (Fsp3) is 0.444. The van der Waals surface area contributed by atoms with Crippen molar-refractivity contribution in [1.82, 2.24) is 9.97 Å². The molecule has 2 rings (SSSR count). The van der Waals surface area contributed by atoms with Crippen molar-refractivity contribution in [2.45, 2.75) is 33.2 Å². The molecule has 0 aliphatic heterocycles. The standard InChI is InChI=1S/C18H26N4O/c1-5-6-11-22(3)17-12-14(2)20-18(21-17)19-13-15-7-9-16(23-4)10-8-15/h7-10,12H,5-6,11,13H2,1-4H3,(H,19,20,21). The quantitative estimate of drug-likeness (QED) is 0.806. The lowest BCUT2D eigenvalue weighted by molar-refractivity contribution is 0.414. The second-order valence-corrected chi connectivity index (χ2v) is 5.67. The Balaban J connectivity index is 2.02. The van der Waals surface area contributed by atoms with E-state index in [1.165, 1.54) is 6.42 Å². The molecule has 0 atom stereocenters. The molecule has 0 amide bonds. The molecular weight excluding hydrogens is 288 g/mol. The zero-order valence-corrected chi connectivity index (χ0v) is 14.5. The summed E-state index contributed by atoms with van der Waals surface area (Å²) < 4.78 is 5.17. The average Bonchev–Trinajstić information content (AvgIpc) is 2.57. The van der Waals surface area contributed by atoms with Crippen LogP contribution in [0.15, 0.2) is 30.3 Å². The number of aryl methyl sites for hydroxylation is 1. The Kier molecular flexibility index (Phi) is 6.20. The van der Waals surface area contributed by atoms with E-state index in [9.17, 15) is 0 Å². The highest BCUT2D eigenvalue weighted by molar-refractivity contribution is 5.44. The molecule has 124 valence electrons. The van der Waals surface area contributed by atoms with Crippen LogP contribution < -0.4 is 15.0 Å². The Labute approximate surface area is 138 Å². The van der Waals surface area contributed by atoms with E-state index in [0.29, 0.717) is 12.5 Å². The van der Waals surface area contributed by atoms with Crippen LogP contribution >= 0.6 is 0 Å². The molecule has 0 saturated heterocycles. The van der Waals surface area contributed by atoms with Gasteiger partial charge in [0.15, 0.2) is 0 Å². The zero-order chi connectivity index (χ0) is 16.7. The van der Waals surface area contributed by atoms with Gasteiger partial charge in [0.25, 0.3) is 0 Å². The van der Waals surface area contributed by atoms with Crippen molar-refractivity contribution in [3.05, 3.63) is 41.6 Å². The van der Waals surface area contributed by atoms with Crippen LogP contribution in [0.2, 0.25) is 0 Å². The average molecular weight is 314 g/mol. The molecule has 0 spiro atoms. The molecule has 0 aliphatic rings. The minimum absolute atomic E-state index is 0.666. The molecule has 0 unspecified atom stereocenters. The highest BCUT2D eigenvalue weighted by Crippen LogP contribution is 2.16. The normalized spacial score (nSPS) is 10.4. The monoisotopic (exact) mass is 314 g/mol. The summed E-state index contributed by atoms with van der Waals surface area (Å²) in [7, 11) is 3.75. The molecule has 0 aliphatic carbocycles. The van der Waals surface area contributed by atoms with Gasteiger partial charge in [-0.05, 0) is 31.0 Å². The van der Waals surface area contributed by atoms with Gasteiger partial charge in [-0.3, -0.25) is 0 Å². The minimum Gasteiger partial charge on any atom is -0.497 e. The van der Waals surface area contributed by atoms with Gasteiger partial charge < -0.3 is 15.0 Å². The minimum atomic E-state index is 0.666. The first kappa shape index (κ1) is 17.1. The topological polar surface area (TPSA) is 50.3 Å². The summed E-state index contributed by atoms with van der Waals surface area (Å²) in [5, 5.41) is 3.30. The van der Waals surface area contributed by atoms with Crippen molar-refractivity contribution in [2.24, 2.45) is 0 Å². The van der Waals surface area contributed by atoms with Gasteiger partial charge in [-0.15, -0.1) is 0 Å². The van der Waals surface area contributed by atoms with E-state index in [4.69, 9.17) is 4.74 Å². The Morgan fingerprint density at radius 3 is 2.57 bits per heavy atom. The predicted octanol–water partition coefficient (Wildman–Crippen LogP) is 3.64.